The quantitative estimate of drug-likeness (QED) is 0.0634. The van der Waals surface area contributed by atoms with Gasteiger partial charge in [-0.25, -0.2) is 0 Å². The van der Waals surface area contributed by atoms with Crippen LogP contribution in [-0.4, -0.2) is 638 Å². The molecule has 0 aliphatic heterocycles. The first-order valence-corrected chi connectivity index (χ1v) is 36.4. The summed E-state index contributed by atoms with van der Waals surface area (Å²) in [6.07, 6.45) is 0. The molecule has 0 radical (unpaired) electrons. The average molecular weight is 2080 g/mol. The van der Waals surface area contributed by atoms with Crippen molar-refractivity contribution in [2.24, 2.45) is 0 Å². The summed E-state index contributed by atoms with van der Waals surface area (Å²) in [6.45, 7) is 0. The van der Waals surface area contributed by atoms with Gasteiger partial charge in [0.05, 0.1) is 0 Å². The van der Waals surface area contributed by atoms with Crippen LogP contribution in [0, 0.1) is 0 Å². The Morgan fingerprint density at radius 2 is 0.0962 bits per heavy atom. The zero-order valence-electron chi connectivity index (χ0n) is 47.0. The van der Waals surface area contributed by atoms with Crippen LogP contribution in [0.2, 0.25) is 0 Å². The Balaban J connectivity index is -0.0000000175. The van der Waals surface area contributed by atoms with Gasteiger partial charge in [0.2, 0.25) is 0 Å². The molecule has 0 unspecified atom stereocenters. The fraction of sp³-hybridized carbons (Fsp3) is 0. The minimum absolute atomic E-state index is 0. The minimum atomic E-state index is -5.17. The standard InChI is InChI=1S/14Mg.18H2O4S/c;;;;;;;;;;;;;;18*1-5(2,3)4/h;;;;;;;;;;;;;;18*(H2,1,2,3,4)/q14*+2;;;;;;;;;;;;;;;;;;/p-28. The van der Waals surface area contributed by atoms with Gasteiger partial charge in [0, 0.05) is 146 Å². The molecule has 0 aliphatic rings. The van der Waals surface area contributed by atoms with Gasteiger partial charge in [-0.2, -0.15) is 33.7 Å². The van der Waals surface area contributed by atoms with E-state index in [-0.39, 0.29) is 323 Å². The van der Waals surface area contributed by atoms with Crippen molar-refractivity contribution >= 4 is 510 Å². The third-order valence-electron chi connectivity index (χ3n) is 0. The molecular formula is H8Mg14O72S18. The molecule has 576 valence electrons. The largest absolute Gasteiger partial charge is 2.00 e. The number of rotatable bonds is 0. The molecule has 8 N–H and O–H groups in total. The normalized spacial score (nSPS) is 10.0. The third-order valence-corrected chi connectivity index (χ3v) is 0. The van der Waals surface area contributed by atoms with E-state index < -0.39 is 187 Å². The van der Waals surface area contributed by atoms with Gasteiger partial charge in [-0.05, 0) is 0 Å². The minimum Gasteiger partial charge on any atom is -0.759 e. The molecule has 0 saturated heterocycles. The average Bonchev–Trinajstić information content (AvgIpc) is 2.79. The molecule has 0 aromatic rings. The molecule has 0 aromatic carbocycles. The SMILES string of the molecule is O=S(=O)(O)O.O=S(=O)(O)O.O=S(=O)(O)O.O=S(=O)(O)O.O=S(=O)([O-])[O-].O=S(=O)([O-])[O-].O=S(=O)([O-])[O-].O=S(=O)([O-])[O-].O=S(=O)([O-])[O-].O=S(=O)([O-])[O-].O=S(=O)([O-])[O-].O=S(=O)([O-])[O-].O=S(=O)([O-])[O-].O=S(=O)([O-])[O-].O=S(=O)([O-])[O-].O=S(=O)([O-])[O-].O=S(=O)([O-])[O-].O=S(=O)([O-])[O-].[Mg+2].[Mg+2].[Mg+2].[Mg+2].[Mg+2].[Mg+2].[Mg+2].[Mg+2].[Mg+2].[Mg+2].[Mg+2].[Mg+2].[Mg+2].[Mg+2]. The van der Waals surface area contributed by atoms with E-state index in [9.17, 15) is 0 Å². The molecule has 0 saturated carbocycles. The Hall–Kier alpha value is 8.39. The van der Waals surface area contributed by atoms with Crippen LogP contribution in [0.15, 0.2) is 0 Å². The van der Waals surface area contributed by atoms with Gasteiger partial charge >= 0.3 is 364 Å². The van der Waals surface area contributed by atoms with Crippen LogP contribution < -0.4 is 0 Å². The van der Waals surface area contributed by atoms with Crippen molar-refractivity contribution in [1.29, 1.82) is 0 Å². The van der Waals surface area contributed by atoms with E-state index >= 15 is 0 Å². The molecule has 0 amide bonds. The van der Waals surface area contributed by atoms with Gasteiger partial charge in [-0.3, -0.25) is 154 Å². The van der Waals surface area contributed by atoms with E-state index in [1.165, 1.54) is 0 Å². The second-order valence-electron chi connectivity index (χ2n) is 7.51. The predicted octanol–water partition coefficient (Wildman–Crippen LogP) is -26.7. The Bertz CT molecular complexity index is 2750. The van der Waals surface area contributed by atoms with Crippen molar-refractivity contribution in [3.63, 3.8) is 0 Å². The first kappa shape index (κ1) is 216. The van der Waals surface area contributed by atoms with Crippen molar-refractivity contribution in [3.8, 4) is 0 Å². The fourth-order valence-electron chi connectivity index (χ4n) is 0. The number of hydrogen-bond acceptors (Lipinski definition) is 64. The Kier molecular flexibility index (Phi) is 208. The zero-order chi connectivity index (χ0) is 81.0. The van der Waals surface area contributed by atoms with E-state index in [2.05, 4.69) is 0 Å². The molecular weight excluding hydrogens is 2070 g/mol. The molecule has 0 atom stereocenters. The molecule has 0 aromatic heterocycles. The predicted molar refractivity (Wildman–Crippen MR) is 284 cm³/mol. The van der Waals surface area contributed by atoms with Crippen LogP contribution in [0.1, 0.15) is 0 Å². The summed E-state index contributed by atoms with van der Waals surface area (Å²) in [5.41, 5.74) is 0. The van der Waals surface area contributed by atoms with Gasteiger partial charge < -0.3 is 127 Å². The molecule has 72 nitrogen and oxygen atoms in total. The molecule has 104 heteroatoms. The van der Waals surface area contributed by atoms with Gasteiger partial charge in [-0.1, -0.05) is 0 Å². The molecule has 0 aliphatic carbocycles. The maximum atomic E-state index is 8.74. The fourth-order valence-corrected chi connectivity index (χ4v) is 0. The van der Waals surface area contributed by atoms with Gasteiger partial charge in [0.25, 0.3) is 0 Å². The summed E-state index contributed by atoms with van der Waals surface area (Å²) >= 11 is 0. The first-order valence-electron chi connectivity index (χ1n) is 12.1. The van der Waals surface area contributed by atoms with Crippen molar-refractivity contribution < 1.29 is 315 Å². The van der Waals surface area contributed by atoms with Crippen LogP contribution in [0.25, 0.3) is 0 Å². The summed E-state index contributed by atoms with van der Waals surface area (Å²) in [7, 11) is -91.0. The monoisotopic (exact) mass is 2070 g/mol. The zero-order valence-corrected chi connectivity index (χ0v) is 81.4. The van der Waals surface area contributed by atoms with Crippen molar-refractivity contribution in [1.82, 2.24) is 0 Å². The topological polar surface area (TPSA) is 1420 Å². The Labute approximate surface area is 811 Å². The molecule has 0 bridgehead atoms. The van der Waals surface area contributed by atoms with Gasteiger partial charge in [-0.15, -0.1) is 0 Å². The molecule has 0 heterocycles. The third kappa shape index (κ3) is 18800. The van der Waals surface area contributed by atoms with Crippen LogP contribution in [0.5, 0.6) is 0 Å². The van der Waals surface area contributed by atoms with Gasteiger partial charge in [0.15, 0.2) is 0 Å². The van der Waals surface area contributed by atoms with Crippen LogP contribution in [-0.2, 0) is 187 Å². The van der Waals surface area contributed by atoms with Gasteiger partial charge in [0.1, 0.15) is 0 Å². The van der Waals surface area contributed by atoms with E-state index in [1.807, 2.05) is 0 Å². The molecule has 0 fully saturated rings. The van der Waals surface area contributed by atoms with Crippen molar-refractivity contribution in [2.45, 2.75) is 0 Å². The van der Waals surface area contributed by atoms with Crippen molar-refractivity contribution in [3.05, 3.63) is 0 Å². The number of hydrogen-bond donors (Lipinski definition) is 8. The maximum Gasteiger partial charge on any atom is 2.00 e. The summed E-state index contributed by atoms with van der Waals surface area (Å²) in [4.78, 5) is 0. The Morgan fingerprint density at radius 3 is 0.0962 bits per heavy atom. The first-order chi connectivity index (χ1) is 36.0. The summed E-state index contributed by atoms with van der Waals surface area (Å²) in [5, 5.41) is 0. The van der Waals surface area contributed by atoms with E-state index in [0.29, 0.717) is 0 Å². The summed E-state index contributed by atoms with van der Waals surface area (Å²) in [5.74, 6) is 0. The van der Waals surface area contributed by atoms with Crippen LogP contribution in [0.3, 0.4) is 0 Å². The molecule has 104 heavy (non-hydrogen) atoms. The Morgan fingerprint density at radius 1 is 0.0962 bits per heavy atom. The molecule has 0 spiro atoms. The van der Waals surface area contributed by atoms with Crippen molar-refractivity contribution in [2.75, 3.05) is 0 Å². The van der Waals surface area contributed by atoms with Crippen LogP contribution in [0.4, 0.5) is 0 Å². The van der Waals surface area contributed by atoms with E-state index in [1.54, 1.807) is 0 Å². The van der Waals surface area contributed by atoms with E-state index in [0.717, 1.165) is 0 Å². The second-order valence-corrected chi connectivity index (χ2v) is 22.5. The van der Waals surface area contributed by atoms with Crippen LogP contribution >= 0.6 is 0 Å². The van der Waals surface area contributed by atoms with E-state index in [4.69, 9.17) is 315 Å². The summed E-state index contributed by atoms with van der Waals surface area (Å²) < 4.78 is 604. The smallest absolute Gasteiger partial charge is 0.759 e. The second kappa shape index (κ2) is 100. The maximum absolute atomic E-state index is 8.74. The molecule has 0 rings (SSSR count). The summed E-state index contributed by atoms with van der Waals surface area (Å²) in [6, 6.07) is 0.